The minimum Gasteiger partial charge on any atom is -0.236 e. The Kier molecular flexibility index (Phi) is 2.18. The van der Waals surface area contributed by atoms with Crippen LogP contribution in [0.25, 0.3) is 20.8 Å². The summed E-state index contributed by atoms with van der Waals surface area (Å²) in [6.45, 7) is 0. The second-order valence-electron chi connectivity index (χ2n) is 3.42. The lowest BCUT2D eigenvalue weighted by Crippen LogP contribution is -1.77. The van der Waals surface area contributed by atoms with Crippen LogP contribution in [0.4, 0.5) is 4.39 Å². The number of hydrogen-bond donors (Lipinski definition) is 0. The highest BCUT2D eigenvalue weighted by atomic mass is 32.1. The van der Waals surface area contributed by atoms with Crippen LogP contribution in [0.5, 0.6) is 0 Å². The minimum atomic E-state index is -0.233. The molecule has 2 aromatic carbocycles. The van der Waals surface area contributed by atoms with Crippen LogP contribution in [0.3, 0.4) is 0 Å². The maximum atomic E-state index is 13.1. The summed E-state index contributed by atoms with van der Waals surface area (Å²) in [5.41, 5.74) is 1.75. The highest BCUT2D eigenvalue weighted by Gasteiger charge is 2.05. The number of nitrogens with zero attached hydrogens (tertiary/aromatic N) is 1. The highest BCUT2D eigenvalue weighted by molar-refractivity contribution is 7.21. The van der Waals surface area contributed by atoms with Gasteiger partial charge in [0.25, 0.3) is 0 Å². The lowest BCUT2D eigenvalue weighted by atomic mass is 10.2. The average Bonchev–Trinajstić information content (AvgIpc) is 2.72. The average molecular weight is 228 g/mol. The number of fused-ring (bicyclic) bond motifs is 1. The molecule has 1 radical (unpaired) electrons. The van der Waals surface area contributed by atoms with Crippen molar-refractivity contribution in [2.45, 2.75) is 0 Å². The molecule has 3 heteroatoms. The number of benzene rings is 2. The Morgan fingerprint density at radius 3 is 3.00 bits per heavy atom. The molecule has 0 N–H and O–H groups in total. The Balaban J connectivity index is 2.19. The van der Waals surface area contributed by atoms with Gasteiger partial charge in [-0.2, -0.15) is 0 Å². The van der Waals surface area contributed by atoms with Crippen molar-refractivity contribution in [3.8, 4) is 10.6 Å². The van der Waals surface area contributed by atoms with Crippen molar-refractivity contribution >= 4 is 21.6 Å². The Morgan fingerprint density at radius 2 is 2.19 bits per heavy atom. The second kappa shape index (κ2) is 3.68. The van der Waals surface area contributed by atoms with Gasteiger partial charge in [-0.3, -0.25) is 0 Å². The summed E-state index contributed by atoms with van der Waals surface area (Å²) in [5.74, 6) is -0.233. The van der Waals surface area contributed by atoms with Crippen LogP contribution >= 0.6 is 11.3 Å². The zero-order valence-electron chi connectivity index (χ0n) is 8.27. The Labute approximate surface area is 96.2 Å². The van der Waals surface area contributed by atoms with Crippen molar-refractivity contribution < 1.29 is 4.39 Å². The molecular weight excluding hydrogens is 221 g/mol. The third-order valence-electron chi connectivity index (χ3n) is 2.30. The van der Waals surface area contributed by atoms with E-state index in [2.05, 4.69) is 11.1 Å². The molecule has 0 aliphatic heterocycles. The first-order valence-corrected chi connectivity index (χ1v) is 5.67. The molecule has 77 valence electrons. The van der Waals surface area contributed by atoms with Gasteiger partial charge in [0, 0.05) is 5.56 Å². The predicted molar refractivity (Wildman–Crippen MR) is 63.9 cm³/mol. The van der Waals surface area contributed by atoms with Crippen LogP contribution in [-0.2, 0) is 0 Å². The largest absolute Gasteiger partial charge is 0.236 e. The minimum absolute atomic E-state index is 0.233. The van der Waals surface area contributed by atoms with E-state index >= 15 is 0 Å². The molecule has 0 bridgehead atoms. The molecule has 1 heterocycles. The number of hydrogen-bond acceptors (Lipinski definition) is 2. The van der Waals surface area contributed by atoms with E-state index in [4.69, 9.17) is 0 Å². The fourth-order valence-electron chi connectivity index (χ4n) is 1.56. The van der Waals surface area contributed by atoms with Gasteiger partial charge in [0.1, 0.15) is 10.8 Å². The van der Waals surface area contributed by atoms with Gasteiger partial charge in [0.2, 0.25) is 0 Å². The van der Waals surface area contributed by atoms with Gasteiger partial charge >= 0.3 is 0 Å². The molecule has 3 aromatic rings. The lowest BCUT2D eigenvalue weighted by molar-refractivity contribution is 0.628. The Bertz CT molecular complexity index is 612. The normalized spacial score (nSPS) is 10.8. The number of aromatic nitrogens is 1. The highest BCUT2D eigenvalue weighted by Crippen LogP contribution is 2.29. The first kappa shape index (κ1) is 9.48. The van der Waals surface area contributed by atoms with Crippen molar-refractivity contribution in [2.24, 2.45) is 0 Å². The van der Waals surface area contributed by atoms with E-state index in [0.717, 1.165) is 20.8 Å². The fraction of sp³-hybridized carbons (Fsp3) is 0. The Morgan fingerprint density at radius 1 is 1.25 bits per heavy atom. The summed E-state index contributed by atoms with van der Waals surface area (Å²) >= 11 is 1.55. The molecule has 0 saturated heterocycles. The molecule has 0 aliphatic carbocycles. The van der Waals surface area contributed by atoms with Gasteiger partial charge in [0.15, 0.2) is 0 Å². The van der Waals surface area contributed by atoms with Crippen molar-refractivity contribution in [1.29, 1.82) is 0 Å². The molecule has 0 spiro atoms. The summed E-state index contributed by atoms with van der Waals surface area (Å²) in [5, 5.41) is 0.842. The molecule has 0 saturated carbocycles. The van der Waals surface area contributed by atoms with Gasteiger partial charge in [0.05, 0.1) is 10.2 Å². The number of rotatable bonds is 1. The monoisotopic (exact) mass is 228 g/mol. The van der Waals surface area contributed by atoms with Crippen LogP contribution in [-0.4, -0.2) is 4.98 Å². The zero-order chi connectivity index (χ0) is 11.0. The quantitative estimate of drug-likeness (QED) is 0.615. The van der Waals surface area contributed by atoms with E-state index in [9.17, 15) is 4.39 Å². The van der Waals surface area contributed by atoms with Crippen molar-refractivity contribution in [3.63, 3.8) is 0 Å². The molecule has 0 aliphatic rings. The molecular formula is C13H7FNS. The summed E-state index contributed by atoms with van der Waals surface area (Å²) < 4.78 is 14.2. The second-order valence-corrected chi connectivity index (χ2v) is 4.45. The van der Waals surface area contributed by atoms with Crippen LogP contribution in [0.15, 0.2) is 42.5 Å². The molecule has 1 nitrogen and oxygen atoms in total. The molecule has 1 aromatic heterocycles. The molecule has 0 unspecified atom stereocenters. The summed E-state index contributed by atoms with van der Waals surface area (Å²) in [6.07, 6.45) is 0. The van der Waals surface area contributed by atoms with E-state index in [1.165, 1.54) is 12.1 Å². The van der Waals surface area contributed by atoms with E-state index in [1.807, 2.05) is 24.3 Å². The summed E-state index contributed by atoms with van der Waals surface area (Å²) in [7, 11) is 0. The zero-order valence-corrected chi connectivity index (χ0v) is 9.09. The SMILES string of the molecule is Fc1cccc(-c2nc3cc[c]cc3s2)c1. The van der Waals surface area contributed by atoms with E-state index in [-0.39, 0.29) is 5.82 Å². The van der Waals surface area contributed by atoms with Crippen molar-refractivity contribution in [3.05, 3.63) is 54.3 Å². The summed E-state index contributed by atoms with van der Waals surface area (Å²) in [4.78, 5) is 4.46. The van der Waals surface area contributed by atoms with Crippen LogP contribution in [0, 0.1) is 11.9 Å². The standard InChI is InChI=1S/C13H7FNS/c14-10-5-3-4-9(8-10)13-15-11-6-1-2-7-12(11)16-13/h1,3-8H. The topological polar surface area (TPSA) is 12.9 Å². The van der Waals surface area contributed by atoms with Gasteiger partial charge in [-0.1, -0.05) is 18.2 Å². The molecule has 3 rings (SSSR count). The smallest absolute Gasteiger partial charge is 0.124 e. The predicted octanol–water partition coefficient (Wildman–Crippen LogP) is 3.90. The van der Waals surface area contributed by atoms with Gasteiger partial charge in [-0.05, 0) is 30.3 Å². The van der Waals surface area contributed by atoms with E-state index in [1.54, 1.807) is 17.4 Å². The third kappa shape index (κ3) is 1.59. The summed E-state index contributed by atoms with van der Waals surface area (Å²) in [6, 6.07) is 15.1. The molecule has 0 fully saturated rings. The fourth-order valence-corrected chi connectivity index (χ4v) is 2.50. The molecule has 0 amide bonds. The molecule has 0 atom stereocenters. The lowest BCUT2D eigenvalue weighted by Gasteiger charge is -1.94. The Hall–Kier alpha value is -1.74. The van der Waals surface area contributed by atoms with Crippen molar-refractivity contribution in [1.82, 2.24) is 4.98 Å². The van der Waals surface area contributed by atoms with Crippen LogP contribution in [0.2, 0.25) is 0 Å². The maximum Gasteiger partial charge on any atom is 0.124 e. The third-order valence-corrected chi connectivity index (χ3v) is 3.37. The van der Waals surface area contributed by atoms with Crippen LogP contribution in [0.1, 0.15) is 0 Å². The van der Waals surface area contributed by atoms with Gasteiger partial charge in [-0.25, -0.2) is 9.37 Å². The van der Waals surface area contributed by atoms with Crippen molar-refractivity contribution in [2.75, 3.05) is 0 Å². The first-order valence-electron chi connectivity index (χ1n) is 4.85. The molecule has 16 heavy (non-hydrogen) atoms. The van der Waals surface area contributed by atoms with E-state index in [0.29, 0.717) is 0 Å². The number of thiazole rings is 1. The maximum absolute atomic E-state index is 13.1. The first-order chi connectivity index (χ1) is 7.83. The number of halogens is 1. The van der Waals surface area contributed by atoms with Gasteiger partial charge in [-0.15, -0.1) is 11.3 Å². The van der Waals surface area contributed by atoms with Gasteiger partial charge < -0.3 is 0 Å². The van der Waals surface area contributed by atoms with E-state index < -0.39 is 0 Å². The van der Waals surface area contributed by atoms with Crippen LogP contribution < -0.4 is 0 Å².